The van der Waals surface area contributed by atoms with Gasteiger partial charge in [0.25, 0.3) is 11.7 Å². The highest BCUT2D eigenvalue weighted by Crippen LogP contribution is 2.42. The SMILES string of the molecule is CCCCN1C(=O)C(=O)/C(=C(\O)c2cccc(Cl)c2)C1c1sccc1C. The lowest BCUT2D eigenvalue weighted by Gasteiger charge is -2.24. The predicted molar refractivity (Wildman–Crippen MR) is 104 cm³/mol. The molecule has 1 amide bonds. The van der Waals surface area contributed by atoms with Crippen LogP contribution in [0.25, 0.3) is 5.76 Å². The summed E-state index contributed by atoms with van der Waals surface area (Å²) < 4.78 is 0. The second-order valence-electron chi connectivity index (χ2n) is 6.32. The van der Waals surface area contributed by atoms with Crippen LogP contribution in [0.15, 0.2) is 41.3 Å². The number of carbonyl (C=O) groups excluding carboxylic acids is 2. The van der Waals surface area contributed by atoms with E-state index < -0.39 is 17.7 Å². The fraction of sp³-hybridized carbons (Fsp3) is 0.300. The largest absolute Gasteiger partial charge is 0.507 e. The van der Waals surface area contributed by atoms with E-state index in [0.717, 1.165) is 23.3 Å². The quantitative estimate of drug-likeness (QED) is 0.448. The maximum absolute atomic E-state index is 12.8. The molecule has 0 aliphatic carbocycles. The maximum Gasteiger partial charge on any atom is 0.295 e. The number of likely N-dealkylation sites (tertiary alicyclic amines) is 1. The zero-order valence-corrected chi connectivity index (χ0v) is 16.2. The van der Waals surface area contributed by atoms with Crippen molar-refractivity contribution >= 4 is 40.4 Å². The lowest BCUT2D eigenvalue weighted by molar-refractivity contribution is -0.139. The Kier molecular flexibility index (Phi) is 5.49. The summed E-state index contributed by atoms with van der Waals surface area (Å²) in [4.78, 5) is 27.9. The Bertz CT molecular complexity index is 887. The first kappa shape index (κ1) is 18.7. The highest BCUT2D eigenvalue weighted by molar-refractivity contribution is 7.10. The average molecular weight is 390 g/mol. The second kappa shape index (κ2) is 7.64. The van der Waals surface area contributed by atoms with Gasteiger partial charge < -0.3 is 10.0 Å². The second-order valence-corrected chi connectivity index (χ2v) is 7.71. The third-order valence-electron chi connectivity index (χ3n) is 4.54. The number of Topliss-reactive ketones (excluding diaryl/α,β-unsaturated/α-hetero) is 1. The Hall–Kier alpha value is -2.11. The molecule has 136 valence electrons. The predicted octanol–water partition coefficient (Wildman–Crippen LogP) is 4.93. The number of hydrogen-bond acceptors (Lipinski definition) is 4. The van der Waals surface area contributed by atoms with Crippen molar-refractivity contribution in [3.8, 4) is 0 Å². The summed E-state index contributed by atoms with van der Waals surface area (Å²) in [6, 6.07) is 8.07. The molecule has 1 aromatic heterocycles. The summed E-state index contributed by atoms with van der Waals surface area (Å²) in [5.41, 5.74) is 1.57. The summed E-state index contributed by atoms with van der Waals surface area (Å²) in [6.45, 7) is 4.47. The fourth-order valence-corrected chi connectivity index (χ4v) is 4.40. The number of benzene rings is 1. The molecule has 0 bridgehead atoms. The number of ketones is 1. The van der Waals surface area contributed by atoms with E-state index in [1.165, 1.54) is 11.3 Å². The van der Waals surface area contributed by atoms with E-state index in [0.29, 0.717) is 17.1 Å². The van der Waals surface area contributed by atoms with E-state index in [1.807, 2.05) is 25.3 Å². The van der Waals surface area contributed by atoms with Crippen molar-refractivity contribution in [3.05, 3.63) is 62.3 Å². The number of aliphatic hydroxyl groups is 1. The molecule has 0 spiro atoms. The molecular formula is C20H20ClNO3S. The number of aliphatic hydroxyl groups excluding tert-OH is 1. The van der Waals surface area contributed by atoms with Gasteiger partial charge in [0.2, 0.25) is 0 Å². The van der Waals surface area contributed by atoms with Crippen LogP contribution >= 0.6 is 22.9 Å². The van der Waals surface area contributed by atoms with Crippen LogP contribution in [-0.4, -0.2) is 28.2 Å². The number of carbonyl (C=O) groups is 2. The van der Waals surface area contributed by atoms with E-state index in [1.54, 1.807) is 29.2 Å². The minimum atomic E-state index is -0.642. The van der Waals surface area contributed by atoms with Gasteiger partial charge in [0.05, 0.1) is 11.6 Å². The minimum Gasteiger partial charge on any atom is -0.507 e. The Morgan fingerprint density at radius 2 is 2.08 bits per heavy atom. The molecule has 4 nitrogen and oxygen atoms in total. The van der Waals surface area contributed by atoms with E-state index >= 15 is 0 Å². The van der Waals surface area contributed by atoms with Crippen LogP contribution in [0.1, 0.15) is 41.8 Å². The van der Waals surface area contributed by atoms with Gasteiger partial charge in [0.15, 0.2) is 0 Å². The molecule has 1 aliphatic rings. The van der Waals surface area contributed by atoms with Crippen molar-refractivity contribution < 1.29 is 14.7 Å². The maximum atomic E-state index is 12.8. The molecule has 6 heteroatoms. The lowest BCUT2D eigenvalue weighted by atomic mass is 9.98. The Morgan fingerprint density at radius 1 is 1.31 bits per heavy atom. The molecule has 0 radical (unpaired) electrons. The summed E-state index contributed by atoms with van der Waals surface area (Å²) in [6.07, 6.45) is 1.71. The van der Waals surface area contributed by atoms with Crippen LogP contribution in [0.3, 0.4) is 0 Å². The normalized spacial score (nSPS) is 19.3. The number of nitrogens with zero attached hydrogens (tertiary/aromatic N) is 1. The molecule has 1 N–H and O–H groups in total. The first-order valence-electron chi connectivity index (χ1n) is 8.54. The van der Waals surface area contributed by atoms with E-state index in [4.69, 9.17) is 11.6 Å². The summed E-state index contributed by atoms with van der Waals surface area (Å²) in [7, 11) is 0. The third-order valence-corrected chi connectivity index (χ3v) is 5.85. The zero-order valence-electron chi connectivity index (χ0n) is 14.7. The van der Waals surface area contributed by atoms with Gasteiger partial charge in [-0.25, -0.2) is 0 Å². The number of amides is 1. The number of thiophene rings is 1. The molecule has 1 unspecified atom stereocenters. The van der Waals surface area contributed by atoms with Gasteiger partial charge in [-0.3, -0.25) is 9.59 Å². The Morgan fingerprint density at radius 3 is 2.69 bits per heavy atom. The van der Waals surface area contributed by atoms with Gasteiger partial charge in [-0.2, -0.15) is 0 Å². The average Bonchev–Trinajstić information content (AvgIpc) is 3.14. The minimum absolute atomic E-state index is 0.138. The molecule has 3 rings (SSSR count). The molecule has 1 aliphatic heterocycles. The lowest BCUT2D eigenvalue weighted by Crippen LogP contribution is -2.30. The van der Waals surface area contributed by atoms with Crippen molar-refractivity contribution in [1.82, 2.24) is 4.90 Å². The van der Waals surface area contributed by atoms with Crippen LogP contribution in [0.5, 0.6) is 0 Å². The smallest absolute Gasteiger partial charge is 0.295 e. The first-order chi connectivity index (χ1) is 12.5. The zero-order chi connectivity index (χ0) is 18.8. The van der Waals surface area contributed by atoms with Gasteiger partial charge in [-0.05, 0) is 42.5 Å². The van der Waals surface area contributed by atoms with Crippen LogP contribution in [0.2, 0.25) is 5.02 Å². The highest BCUT2D eigenvalue weighted by Gasteiger charge is 2.46. The van der Waals surface area contributed by atoms with Crippen molar-refractivity contribution in [2.45, 2.75) is 32.7 Å². The topological polar surface area (TPSA) is 57.6 Å². The number of halogens is 1. The number of rotatable bonds is 5. The first-order valence-corrected chi connectivity index (χ1v) is 9.79. The van der Waals surface area contributed by atoms with Crippen molar-refractivity contribution in [2.75, 3.05) is 6.54 Å². The molecule has 1 aromatic carbocycles. The van der Waals surface area contributed by atoms with E-state index in [-0.39, 0.29) is 11.3 Å². The van der Waals surface area contributed by atoms with E-state index in [9.17, 15) is 14.7 Å². The molecular weight excluding hydrogens is 370 g/mol. The van der Waals surface area contributed by atoms with Gasteiger partial charge in [0, 0.05) is 22.0 Å². The fourth-order valence-electron chi connectivity index (χ4n) is 3.17. The molecule has 2 aromatic rings. The summed E-state index contributed by atoms with van der Waals surface area (Å²) >= 11 is 7.52. The number of hydrogen-bond donors (Lipinski definition) is 1. The van der Waals surface area contributed by atoms with Gasteiger partial charge >= 0.3 is 0 Å². The monoisotopic (exact) mass is 389 g/mol. The van der Waals surface area contributed by atoms with Gasteiger partial charge in [0.1, 0.15) is 5.76 Å². The molecule has 0 saturated carbocycles. The van der Waals surface area contributed by atoms with Crippen LogP contribution in [0.4, 0.5) is 0 Å². The number of aryl methyl sites for hydroxylation is 1. The van der Waals surface area contributed by atoms with Gasteiger partial charge in [-0.1, -0.05) is 37.1 Å². The summed E-state index contributed by atoms with van der Waals surface area (Å²) in [5.74, 6) is -1.38. The highest BCUT2D eigenvalue weighted by atomic mass is 35.5. The Balaban J connectivity index is 2.17. The van der Waals surface area contributed by atoms with Crippen LogP contribution in [-0.2, 0) is 9.59 Å². The van der Waals surface area contributed by atoms with Gasteiger partial charge in [-0.15, -0.1) is 11.3 Å². The van der Waals surface area contributed by atoms with Crippen LogP contribution < -0.4 is 0 Å². The number of unbranched alkanes of at least 4 members (excludes halogenated alkanes) is 1. The molecule has 2 heterocycles. The third kappa shape index (κ3) is 3.29. The van der Waals surface area contributed by atoms with Crippen molar-refractivity contribution in [1.29, 1.82) is 0 Å². The molecule has 1 atom stereocenters. The Labute approximate surface area is 161 Å². The molecule has 1 saturated heterocycles. The van der Waals surface area contributed by atoms with Crippen molar-refractivity contribution in [3.63, 3.8) is 0 Å². The molecule has 26 heavy (non-hydrogen) atoms. The van der Waals surface area contributed by atoms with E-state index in [2.05, 4.69) is 0 Å². The van der Waals surface area contributed by atoms with Crippen LogP contribution in [0, 0.1) is 6.92 Å². The molecule has 1 fully saturated rings. The van der Waals surface area contributed by atoms with Crippen molar-refractivity contribution in [2.24, 2.45) is 0 Å². The summed E-state index contributed by atoms with van der Waals surface area (Å²) in [5, 5.41) is 13.3. The standard InChI is InChI=1S/C20H20ClNO3S/c1-3-4-9-22-16(19-12(2)8-10-26-19)15(18(24)20(22)25)17(23)13-6-5-7-14(21)11-13/h5-8,10-11,16,23H,3-4,9H2,1-2H3/b17-15-.